The van der Waals surface area contributed by atoms with Gasteiger partial charge in [0.15, 0.2) is 0 Å². The highest BCUT2D eigenvalue weighted by atomic mass is 19.1. The van der Waals surface area contributed by atoms with Gasteiger partial charge in [-0.1, -0.05) is 6.07 Å². The summed E-state index contributed by atoms with van der Waals surface area (Å²) in [6, 6.07) is 5.20. The third-order valence-corrected chi connectivity index (χ3v) is 3.85. The van der Waals surface area contributed by atoms with Gasteiger partial charge < -0.3 is 9.64 Å². The zero-order valence-corrected chi connectivity index (χ0v) is 14.7. The molecule has 0 radical (unpaired) electrons. The van der Waals surface area contributed by atoms with Crippen LogP contribution >= 0.6 is 0 Å². The van der Waals surface area contributed by atoms with Crippen LogP contribution in [0.3, 0.4) is 0 Å². The molecule has 23 heavy (non-hydrogen) atoms. The maximum atomic E-state index is 13.5. The number of carbonyl (C=O) groups excluding carboxylic acids is 1. The Hall–Kier alpha value is -1.62. The molecule has 128 valence electrons. The molecule has 0 bridgehead atoms. The Bertz CT molecular complexity index is 548. The number of hydrogen-bond acceptors (Lipinski definition) is 3. The lowest BCUT2D eigenvalue weighted by Crippen LogP contribution is -2.54. The Kier molecular flexibility index (Phi) is 5.30. The third kappa shape index (κ3) is 5.20. The summed E-state index contributed by atoms with van der Waals surface area (Å²) in [4.78, 5) is 16.2. The number of piperazine rings is 1. The van der Waals surface area contributed by atoms with E-state index in [4.69, 9.17) is 4.74 Å². The molecule has 1 aromatic rings. The highest BCUT2D eigenvalue weighted by molar-refractivity contribution is 5.68. The van der Waals surface area contributed by atoms with Crippen LogP contribution in [0.25, 0.3) is 0 Å². The number of rotatable bonds is 2. The molecule has 0 spiro atoms. The van der Waals surface area contributed by atoms with E-state index in [1.807, 2.05) is 40.7 Å². The van der Waals surface area contributed by atoms with Gasteiger partial charge in [-0.3, -0.25) is 4.90 Å². The second-order valence-corrected chi connectivity index (χ2v) is 7.39. The van der Waals surface area contributed by atoms with Crippen LogP contribution < -0.4 is 0 Å². The number of carbonyl (C=O) groups is 1. The molecular weight excluding hydrogens is 295 g/mol. The summed E-state index contributed by atoms with van der Waals surface area (Å²) in [5, 5.41) is 0. The zero-order valence-electron chi connectivity index (χ0n) is 14.7. The first-order valence-corrected chi connectivity index (χ1v) is 8.12. The Morgan fingerprint density at radius 3 is 2.57 bits per heavy atom. The van der Waals surface area contributed by atoms with Gasteiger partial charge in [0, 0.05) is 32.2 Å². The van der Waals surface area contributed by atoms with Crippen molar-refractivity contribution in [3.63, 3.8) is 0 Å². The quantitative estimate of drug-likeness (QED) is 0.834. The van der Waals surface area contributed by atoms with Crippen LogP contribution in [-0.4, -0.2) is 47.2 Å². The van der Waals surface area contributed by atoms with Crippen molar-refractivity contribution in [1.29, 1.82) is 0 Å². The molecule has 2 rings (SSSR count). The SMILES string of the molecule is Cc1cc(F)cc(CN2CCN(C(=O)OC(C)(C)C)[C@H](C)C2)c1. The number of benzene rings is 1. The summed E-state index contributed by atoms with van der Waals surface area (Å²) in [7, 11) is 0. The second-order valence-electron chi connectivity index (χ2n) is 7.39. The van der Waals surface area contributed by atoms with Crippen LogP contribution in [0, 0.1) is 12.7 Å². The minimum Gasteiger partial charge on any atom is -0.444 e. The predicted octanol–water partition coefficient (Wildman–Crippen LogP) is 3.58. The molecule has 1 atom stereocenters. The lowest BCUT2D eigenvalue weighted by Gasteiger charge is -2.40. The normalized spacial score (nSPS) is 19.7. The molecule has 4 nitrogen and oxygen atoms in total. The fourth-order valence-corrected chi connectivity index (χ4v) is 2.93. The number of nitrogens with zero attached hydrogens (tertiary/aromatic N) is 2. The van der Waals surface area contributed by atoms with Crippen molar-refractivity contribution in [1.82, 2.24) is 9.80 Å². The lowest BCUT2D eigenvalue weighted by atomic mass is 10.1. The number of ether oxygens (including phenoxy) is 1. The average Bonchev–Trinajstić information content (AvgIpc) is 2.34. The minimum absolute atomic E-state index is 0.0771. The summed E-state index contributed by atoms with van der Waals surface area (Å²) >= 11 is 0. The molecule has 0 aliphatic carbocycles. The first kappa shape index (κ1) is 17.7. The van der Waals surface area contributed by atoms with Crippen molar-refractivity contribution in [3.05, 3.63) is 35.1 Å². The van der Waals surface area contributed by atoms with Gasteiger partial charge in [-0.15, -0.1) is 0 Å². The predicted molar refractivity (Wildman–Crippen MR) is 88.8 cm³/mol. The van der Waals surface area contributed by atoms with E-state index in [0.29, 0.717) is 13.1 Å². The Morgan fingerprint density at radius 2 is 2.00 bits per heavy atom. The number of amides is 1. The number of hydrogen-bond donors (Lipinski definition) is 0. The average molecular weight is 322 g/mol. The van der Waals surface area contributed by atoms with Crippen molar-refractivity contribution in [2.75, 3.05) is 19.6 Å². The molecule has 1 saturated heterocycles. The fraction of sp³-hybridized carbons (Fsp3) is 0.611. The lowest BCUT2D eigenvalue weighted by molar-refractivity contribution is 0.000560. The fourth-order valence-electron chi connectivity index (χ4n) is 2.93. The zero-order chi connectivity index (χ0) is 17.2. The van der Waals surface area contributed by atoms with E-state index in [0.717, 1.165) is 24.2 Å². The first-order valence-electron chi connectivity index (χ1n) is 8.12. The first-order chi connectivity index (χ1) is 10.6. The van der Waals surface area contributed by atoms with E-state index in [1.165, 1.54) is 6.07 Å². The van der Waals surface area contributed by atoms with Crippen molar-refractivity contribution in [2.45, 2.75) is 52.8 Å². The van der Waals surface area contributed by atoms with Gasteiger partial charge in [0.1, 0.15) is 11.4 Å². The van der Waals surface area contributed by atoms with Crippen LogP contribution in [0.2, 0.25) is 0 Å². The van der Waals surface area contributed by atoms with E-state index in [1.54, 1.807) is 11.0 Å². The van der Waals surface area contributed by atoms with Crippen LogP contribution in [-0.2, 0) is 11.3 Å². The van der Waals surface area contributed by atoms with Crippen molar-refractivity contribution < 1.29 is 13.9 Å². The van der Waals surface area contributed by atoms with Crippen molar-refractivity contribution >= 4 is 6.09 Å². The van der Waals surface area contributed by atoms with Crippen LogP contribution in [0.1, 0.15) is 38.8 Å². The largest absolute Gasteiger partial charge is 0.444 e. The van der Waals surface area contributed by atoms with Gasteiger partial charge in [0.05, 0.1) is 0 Å². The maximum absolute atomic E-state index is 13.5. The van der Waals surface area contributed by atoms with Gasteiger partial charge in [-0.05, 0) is 57.9 Å². The highest BCUT2D eigenvalue weighted by Gasteiger charge is 2.30. The molecule has 0 aromatic heterocycles. The highest BCUT2D eigenvalue weighted by Crippen LogP contribution is 2.18. The summed E-state index contributed by atoms with van der Waals surface area (Å²) in [6.07, 6.45) is -0.258. The minimum atomic E-state index is -0.479. The summed E-state index contributed by atoms with van der Waals surface area (Å²) < 4.78 is 18.9. The van der Waals surface area contributed by atoms with Crippen LogP contribution in [0.5, 0.6) is 0 Å². The Balaban J connectivity index is 1.94. The van der Waals surface area contributed by atoms with E-state index in [-0.39, 0.29) is 18.0 Å². The van der Waals surface area contributed by atoms with Gasteiger partial charge in [0.25, 0.3) is 0 Å². The summed E-state index contributed by atoms with van der Waals surface area (Å²) in [6.45, 7) is 12.4. The molecule has 1 fully saturated rings. The number of aryl methyl sites for hydroxylation is 1. The Labute approximate surface area is 138 Å². The topological polar surface area (TPSA) is 32.8 Å². The molecule has 1 aromatic carbocycles. The standard InChI is InChI=1S/C18H27FN2O2/c1-13-8-15(10-16(19)9-13)12-20-6-7-21(14(2)11-20)17(22)23-18(3,4)5/h8-10,14H,6-7,11-12H2,1-5H3/t14-/m1/s1. The molecule has 0 N–H and O–H groups in total. The van der Waals surface area contributed by atoms with Gasteiger partial charge >= 0.3 is 6.09 Å². The second kappa shape index (κ2) is 6.87. The van der Waals surface area contributed by atoms with E-state index >= 15 is 0 Å². The molecule has 1 aliphatic rings. The maximum Gasteiger partial charge on any atom is 0.410 e. The van der Waals surface area contributed by atoms with Crippen molar-refractivity contribution in [3.8, 4) is 0 Å². The number of halogens is 1. The molecule has 5 heteroatoms. The van der Waals surface area contributed by atoms with E-state index in [9.17, 15) is 9.18 Å². The molecule has 1 heterocycles. The van der Waals surface area contributed by atoms with Gasteiger partial charge in [-0.25, -0.2) is 9.18 Å². The summed E-state index contributed by atoms with van der Waals surface area (Å²) in [5.74, 6) is -0.194. The van der Waals surface area contributed by atoms with Gasteiger partial charge in [-0.2, -0.15) is 0 Å². The van der Waals surface area contributed by atoms with Crippen molar-refractivity contribution in [2.24, 2.45) is 0 Å². The molecule has 0 saturated carbocycles. The molecule has 1 aliphatic heterocycles. The smallest absolute Gasteiger partial charge is 0.410 e. The molecular formula is C18H27FN2O2. The van der Waals surface area contributed by atoms with Crippen LogP contribution in [0.4, 0.5) is 9.18 Å². The Morgan fingerprint density at radius 1 is 1.30 bits per heavy atom. The summed E-state index contributed by atoms with van der Waals surface area (Å²) in [5.41, 5.74) is 1.42. The van der Waals surface area contributed by atoms with E-state index in [2.05, 4.69) is 4.90 Å². The molecule has 0 unspecified atom stereocenters. The molecule has 1 amide bonds. The van der Waals surface area contributed by atoms with E-state index < -0.39 is 5.60 Å². The van der Waals surface area contributed by atoms with Crippen LogP contribution in [0.15, 0.2) is 18.2 Å². The third-order valence-electron chi connectivity index (χ3n) is 3.85. The monoisotopic (exact) mass is 322 g/mol. The van der Waals surface area contributed by atoms with Gasteiger partial charge in [0.2, 0.25) is 0 Å².